The Morgan fingerprint density at radius 2 is 2.31 bits per heavy atom. The summed E-state index contributed by atoms with van der Waals surface area (Å²) in [4.78, 5) is 11.7. The van der Waals surface area contributed by atoms with E-state index in [2.05, 4.69) is 12.2 Å². The molecule has 3 unspecified atom stereocenters. The summed E-state index contributed by atoms with van der Waals surface area (Å²) in [7, 11) is 0. The molecule has 4 nitrogen and oxygen atoms in total. The van der Waals surface area contributed by atoms with Crippen molar-refractivity contribution in [3.8, 4) is 0 Å². The van der Waals surface area contributed by atoms with E-state index in [0.717, 1.165) is 38.5 Å². The number of rotatable bonds is 5. The molecule has 0 heterocycles. The molecule has 4 N–H and O–H groups in total. The topological polar surface area (TPSA) is 75.4 Å². The lowest BCUT2D eigenvalue weighted by molar-refractivity contribution is -0.123. The van der Waals surface area contributed by atoms with Crippen molar-refractivity contribution in [3.05, 3.63) is 0 Å². The highest BCUT2D eigenvalue weighted by Gasteiger charge is 2.23. The van der Waals surface area contributed by atoms with Crippen molar-refractivity contribution in [1.29, 1.82) is 0 Å². The van der Waals surface area contributed by atoms with E-state index in [1.54, 1.807) is 0 Å². The summed E-state index contributed by atoms with van der Waals surface area (Å²) in [6.07, 6.45) is 6.01. The van der Waals surface area contributed by atoms with Crippen LogP contribution in [0.3, 0.4) is 0 Å². The second-order valence-corrected chi connectivity index (χ2v) is 4.77. The summed E-state index contributed by atoms with van der Waals surface area (Å²) < 4.78 is 0. The molecule has 0 saturated heterocycles. The van der Waals surface area contributed by atoms with Gasteiger partial charge in [-0.15, -0.1) is 0 Å². The molecule has 0 radical (unpaired) electrons. The first-order chi connectivity index (χ1) is 7.63. The summed E-state index contributed by atoms with van der Waals surface area (Å²) in [6, 6.07) is -0.275. The van der Waals surface area contributed by atoms with Crippen LogP contribution in [0.4, 0.5) is 0 Å². The molecule has 1 aliphatic carbocycles. The fraction of sp³-hybridized carbons (Fsp3) is 0.917. The summed E-state index contributed by atoms with van der Waals surface area (Å²) in [5, 5.41) is 12.4. The van der Waals surface area contributed by atoms with Crippen LogP contribution in [-0.2, 0) is 4.79 Å². The fourth-order valence-electron chi connectivity index (χ4n) is 2.16. The van der Waals surface area contributed by atoms with Crippen molar-refractivity contribution in [3.63, 3.8) is 0 Å². The van der Waals surface area contributed by atoms with Gasteiger partial charge in [0.25, 0.3) is 0 Å². The van der Waals surface area contributed by atoms with Gasteiger partial charge in [-0.25, -0.2) is 0 Å². The third-order valence-electron chi connectivity index (χ3n) is 3.20. The van der Waals surface area contributed by atoms with Crippen LogP contribution in [0, 0.1) is 0 Å². The molecule has 0 aromatic carbocycles. The number of hydrogen-bond acceptors (Lipinski definition) is 3. The molecule has 0 bridgehead atoms. The number of aliphatic hydroxyl groups excluding tert-OH is 1. The molecular formula is C12H24N2O2. The molecule has 3 atom stereocenters. The van der Waals surface area contributed by atoms with E-state index in [0.29, 0.717) is 6.42 Å². The standard InChI is InChI=1S/C12H24N2O2/c1-2-3-7-11(13)12(16)14-9-5-4-6-10(15)8-9/h9-11,15H,2-8,13H2,1H3,(H,14,16). The smallest absolute Gasteiger partial charge is 0.237 e. The molecule has 0 aromatic rings. The van der Waals surface area contributed by atoms with Crippen LogP contribution in [0.25, 0.3) is 0 Å². The highest BCUT2D eigenvalue weighted by Crippen LogP contribution is 2.18. The Morgan fingerprint density at radius 3 is 2.94 bits per heavy atom. The average Bonchev–Trinajstić information content (AvgIpc) is 2.25. The molecule has 1 rings (SSSR count). The normalized spacial score (nSPS) is 27.4. The Bertz CT molecular complexity index is 221. The first-order valence-corrected chi connectivity index (χ1v) is 6.37. The van der Waals surface area contributed by atoms with Crippen LogP contribution in [-0.4, -0.2) is 29.2 Å². The van der Waals surface area contributed by atoms with E-state index in [1.165, 1.54) is 0 Å². The third-order valence-corrected chi connectivity index (χ3v) is 3.20. The zero-order valence-electron chi connectivity index (χ0n) is 10.1. The Hall–Kier alpha value is -0.610. The van der Waals surface area contributed by atoms with Gasteiger partial charge in [0.2, 0.25) is 5.91 Å². The second kappa shape index (κ2) is 6.86. The van der Waals surface area contributed by atoms with Gasteiger partial charge in [-0.3, -0.25) is 4.79 Å². The summed E-state index contributed by atoms with van der Waals surface area (Å²) in [5.74, 6) is -0.0625. The lowest BCUT2D eigenvalue weighted by atomic mass is 9.93. The number of nitrogens with two attached hydrogens (primary N) is 1. The lowest BCUT2D eigenvalue weighted by Gasteiger charge is -2.27. The molecular weight excluding hydrogens is 204 g/mol. The quantitative estimate of drug-likeness (QED) is 0.655. The van der Waals surface area contributed by atoms with Gasteiger partial charge in [-0.05, 0) is 32.1 Å². The van der Waals surface area contributed by atoms with E-state index in [9.17, 15) is 9.90 Å². The van der Waals surface area contributed by atoms with Crippen LogP contribution in [0.15, 0.2) is 0 Å². The number of hydrogen-bond donors (Lipinski definition) is 3. The number of amides is 1. The SMILES string of the molecule is CCCCC(N)C(=O)NC1CCCC(O)C1. The first-order valence-electron chi connectivity index (χ1n) is 6.37. The van der Waals surface area contributed by atoms with Crippen molar-refractivity contribution >= 4 is 5.91 Å². The molecule has 0 spiro atoms. The number of unbranched alkanes of at least 4 members (excludes halogenated alkanes) is 1. The maximum absolute atomic E-state index is 11.7. The second-order valence-electron chi connectivity index (χ2n) is 4.77. The van der Waals surface area contributed by atoms with Crippen molar-refractivity contribution in [2.75, 3.05) is 0 Å². The van der Waals surface area contributed by atoms with Crippen LogP contribution in [0.2, 0.25) is 0 Å². The van der Waals surface area contributed by atoms with Gasteiger partial charge >= 0.3 is 0 Å². The minimum absolute atomic E-state index is 0.0625. The highest BCUT2D eigenvalue weighted by atomic mass is 16.3. The molecule has 1 saturated carbocycles. The fourth-order valence-corrected chi connectivity index (χ4v) is 2.16. The Morgan fingerprint density at radius 1 is 1.56 bits per heavy atom. The lowest BCUT2D eigenvalue weighted by Crippen LogP contribution is -2.47. The molecule has 0 aromatic heterocycles. The van der Waals surface area contributed by atoms with Crippen molar-refractivity contribution in [2.24, 2.45) is 5.73 Å². The number of nitrogens with one attached hydrogen (secondary N) is 1. The van der Waals surface area contributed by atoms with Gasteiger partial charge in [0, 0.05) is 6.04 Å². The minimum Gasteiger partial charge on any atom is -0.393 e. The van der Waals surface area contributed by atoms with Gasteiger partial charge < -0.3 is 16.2 Å². The maximum atomic E-state index is 11.7. The zero-order chi connectivity index (χ0) is 12.0. The molecule has 16 heavy (non-hydrogen) atoms. The van der Waals surface area contributed by atoms with E-state index < -0.39 is 0 Å². The first kappa shape index (κ1) is 13.5. The van der Waals surface area contributed by atoms with Crippen LogP contribution in [0.5, 0.6) is 0 Å². The molecule has 1 fully saturated rings. The van der Waals surface area contributed by atoms with E-state index in [4.69, 9.17) is 5.73 Å². The van der Waals surface area contributed by atoms with Crippen molar-refractivity contribution in [1.82, 2.24) is 5.32 Å². The molecule has 4 heteroatoms. The van der Waals surface area contributed by atoms with Gasteiger partial charge in [-0.1, -0.05) is 19.8 Å². The van der Waals surface area contributed by atoms with Gasteiger partial charge in [0.15, 0.2) is 0 Å². The highest BCUT2D eigenvalue weighted by molar-refractivity contribution is 5.81. The van der Waals surface area contributed by atoms with E-state index in [-0.39, 0.29) is 24.1 Å². The van der Waals surface area contributed by atoms with Crippen molar-refractivity contribution < 1.29 is 9.90 Å². The minimum atomic E-state index is -0.390. The summed E-state index contributed by atoms with van der Waals surface area (Å²) in [5.41, 5.74) is 5.78. The van der Waals surface area contributed by atoms with Crippen LogP contribution < -0.4 is 11.1 Å². The summed E-state index contributed by atoms with van der Waals surface area (Å²) in [6.45, 7) is 2.09. The third kappa shape index (κ3) is 4.49. The Labute approximate surface area is 97.6 Å². The van der Waals surface area contributed by atoms with Gasteiger partial charge in [0.1, 0.15) is 0 Å². The van der Waals surface area contributed by atoms with Crippen LogP contribution >= 0.6 is 0 Å². The average molecular weight is 228 g/mol. The number of aliphatic hydroxyl groups is 1. The number of carbonyl (C=O) groups excluding carboxylic acids is 1. The summed E-state index contributed by atoms with van der Waals surface area (Å²) >= 11 is 0. The molecule has 94 valence electrons. The predicted octanol–water partition coefficient (Wildman–Crippen LogP) is 0.924. The van der Waals surface area contributed by atoms with E-state index >= 15 is 0 Å². The number of carbonyl (C=O) groups is 1. The maximum Gasteiger partial charge on any atom is 0.237 e. The van der Waals surface area contributed by atoms with E-state index in [1.807, 2.05) is 0 Å². The van der Waals surface area contributed by atoms with Crippen LogP contribution in [0.1, 0.15) is 51.9 Å². The molecule has 1 aliphatic rings. The Balaban J connectivity index is 2.26. The molecule has 1 amide bonds. The molecule has 0 aliphatic heterocycles. The van der Waals surface area contributed by atoms with Gasteiger partial charge in [0.05, 0.1) is 12.1 Å². The predicted molar refractivity (Wildman–Crippen MR) is 63.9 cm³/mol. The Kier molecular flexibility index (Phi) is 5.77. The monoisotopic (exact) mass is 228 g/mol. The largest absolute Gasteiger partial charge is 0.393 e. The zero-order valence-corrected chi connectivity index (χ0v) is 10.1. The van der Waals surface area contributed by atoms with Gasteiger partial charge in [-0.2, -0.15) is 0 Å². The van der Waals surface area contributed by atoms with Crippen molar-refractivity contribution in [2.45, 2.75) is 70.1 Å².